The van der Waals surface area contributed by atoms with Crippen LogP contribution in [0.25, 0.3) is 0 Å². The van der Waals surface area contributed by atoms with Gasteiger partial charge in [0.15, 0.2) is 0 Å². The molecule has 2 aromatic rings. The zero-order chi connectivity index (χ0) is 23.0. The van der Waals surface area contributed by atoms with E-state index in [-0.39, 0.29) is 0 Å². The van der Waals surface area contributed by atoms with Crippen LogP contribution < -0.4 is 0 Å². The number of hydrogen-bond donors (Lipinski definition) is 0. The standard InChI is InChI=1S/C30H48ClP/c1-3-5-7-9-11-19-25-32(31,26-20-12-10-8-6-4-2,27-29-21-15-13-16-22-29)28-30-23-17-14-18-24-30/h13-18,21-24H,3-12,19-20,25-28H2,1-2H3. The molecule has 0 radical (unpaired) electrons. The molecule has 180 valence electrons. The van der Waals surface area contributed by atoms with E-state index in [4.69, 9.17) is 11.2 Å². The molecule has 0 bridgehead atoms. The Morgan fingerprint density at radius 1 is 0.500 bits per heavy atom. The predicted octanol–water partition coefficient (Wildman–Crippen LogP) is 10.8. The van der Waals surface area contributed by atoms with Crippen molar-refractivity contribution in [2.45, 2.75) is 103 Å². The minimum atomic E-state index is -2.44. The van der Waals surface area contributed by atoms with Crippen molar-refractivity contribution in [3.05, 3.63) is 71.8 Å². The molecule has 0 N–H and O–H groups in total. The van der Waals surface area contributed by atoms with Crippen LogP contribution in [0, 0.1) is 0 Å². The molecule has 0 aliphatic heterocycles. The zero-order valence-electron chi connectivity index (χ0n) is 20.9. The Morgan fingerprint density at radius 3 is 1.22 bits per heavy atom. The van der Waals surface area contributed by atoms with E-state index in [1.807, 2.05) is 0 Å². The number of benzene rings is 2. The van der Waals surface area contributed by atoms with E-state index in [0.29, 0.717) is 0 Å². The van der Waals surface area contributed by atoms with Gasteiger partial charge in [0, 0.05) is 0 Å². The summed E-state index contributed by atoms with van der Waals surface area (Å²) in [6.45, 7) is 4.59. The molecule has 0 nitrogen and oxygen atoms in total. The van der Waals surface area contributed by atoms with Crippen LogP contribution >= 0.6 is 17.2 Å². The van der Waals surface area contributed by atoms with Crippen LogP contribution in [-0.2, 0) is 12.3 Å². The average Bonchev–Trinajstić information content (AvgIpc) is 2.80. The van der Waals surface area contributed by atoms with Gasteiger partial charge in [0.25, 0.3) is 0 Å². The second-order valence-electron chi connectivity index (χ2n) is 10.1. The average molecular weight is 475 g/mol. The van der Waals surface area contributed by atoms with Gasteiger partial charge in [-0.05, 0) is 0 Å². The number of unbranched alkanes of at least 4 members (excludes halogenated alkanes) is 10. The topological polar surface area (TPSA) is 0 Å². The normalized spacial score (nSPS) is 13.0. The molecule has 0 fully saturated rings. The maximum absolute atomic E-state index is 8.08. The summed E-state index contributed by atoms with van der Waals surface area (Å²) in [6.07, 6.45) is 20.8. The van der Waals surface area contributed by atoms with Crippen LogP contribution in [0.5, 0.6) is 0 Å². The van der Waals surface area contributed by atoms with Gasteiger partial charge in [-0.3, -0.25) is 0 Å². The van der Waals surface area contributed by atoms with Gasteiger partial charge in [-0.1, -0.05) is 0 Å². The molecular weight excluding hydrogens is 427 g/mol. The first-order valence-electron chi connectivity index (χ1n) is 13.4. The van der Waals surface area contributed by atoms with Crippen molar-refractivity contribution >= 4 is 17.2 Å². The van der Waals surface area contributed by atoms with Gasteiger partial charge >= 0.3 is 205 Å². The molecule has 2 heteroatoms. The van der Waals surface area contributed by atoms with Crippen molar-refractivity contribution in [1.82, 2.24) is 0 Å². The van der Waals surface area contributed by atoms with Gasteiger partial charge in [-0.2, -0.15) is 0 Å². The fourth-order valence-corrected chi connectivity index (χ4v) is 11.9. The Labute approximate surface area is 204 Å². The molecule has 0 unspecified atom stereocenters. The SMILES string of the molecule is CCCCCCCCP(Cl)(CCCCCCCC)(Cc1ccccc1)Cc1ccccc1. The summed E-state index contributed by atoms with van der Waals surface area (Å²) in [4.78, 5) is 0. The predicted molar refractivity (Wildman–Crippen MR) is 150 cm³/mol. The van der Waals surface area contributed by atoms with Crippen molar-refractivity contribution in [1.29, 1.82) is 0 Å². The molecule has 0 spiro atoms. The Balaban J connectivity index is 2.18. The molecular formula is C30H48ClP. The van der Waals surface area contributed by atoms with Crippen molar-refractivity contribution < 1.29 is 0 Å². The zero-order valence-corrected chi connectivity index (χ0v) is 22.6. The van der Waals surface area contributed by atoms with Crippen LogP contribution in [0.15, 0.2) is 60.7 Å². The van der Waals surface area contributed by atoms with Crippen molar-refractivity contribution in [2.75, 3.05) is 12.3 Å². The van der Waals surface area contributed by atoms with Gasteiger partial charge < -0.3 is 0 Å². The van der Waals surface area contributed by atoms with Crippen molar-refractivity contribution in [3.63, 3.8) is 0 Å². The van der Waals surface area contributed by atoms with Crippen LogP contribution in [0.2, 0.25) is 0 Å². The molecule has 2 aromatic carbocycles. The molecule has 32 heavy (non-hydrogen) atoms. The molecule has 0 heterocycles. The summed E-state index contributed by atoms with van der Waals surface area (Å²) < 4.78 is 0. The molecule has 2 rings (SSSR count). The Morgan fingerprint density at radius 2 is 0.844 bits per heavy atom. The Hall–Kier alpha value is -0.840. The summed E-state index contributed by atoms with van der Waals surface area (Å²) in [6, 6.07) is 22.2. The van der Waals surface area contributed by atoms with Crippen molar-refractivity contribution in [2.24, 2.45) is 0 Å². The summed E-state index contributed by atoms with van der Waals surface area (Å²) in [5.74, 6) is -2.44. The van der Waals surface area contributed by atoms with Crippen molar-refractivity contribution in [3.8, 4) is 0 Å². The third-order valence-electron chi connectivity index (χ3n) is 6.98. The third-order valence-corrected chi connectivity index (χ3v) is 13.9. The second kappa shape index (κ2) is 15.1. The van der Waals surface area contributed by atoms with E-state index in [1.54, 1.807) is 0 Å². The Kier molecular flexibility index (Phi) is 13.0. The monoisotopic (exact) mass is 474 g/mol. The number of hydrogen-bond acceptors (Lipinski definition) is 0. The second-order valence-corrected chi connectivity index (χ2v) is 18.1. The van der Waals surface area contributed by atoms with Crippen LogP contribution in [0.3, 0.4) is 0 Å². The van der Waals surface area contributed by atoms with E-state index >= 15 is 0 Å². The minimum absolute atomic E-state index is 1.09. The first-order chi connectivity index (χ1) is 15.6. The first-order valence-corrected chi connectivity index (χ1v) is 17.3. The van der Waals surface area contributed by atoms with Crippen LogP contribution in [-0.4, -0.2) is 12.3 Å². The van der Waals surface area contributed by atoms with E-state index < -0.39 is 5.96 Å². The summed E-state index contributed by atoms with van der Waals surface area (Å²) >= 11 is 8.08. The molecule has 0 aromatic heterocycles. The van der Waals surface area contributed by atoms with E-state index in [9.17, 15) is 0 Å². The molecule has 0 aliphatic carbocycles. The molecule has 0 saturated heterocycles. The number of halogens is 1. The van der Waals surface area contributed by atoms with E-state index in [1.165, 1.54) is 101 Å². The number of rotatable bonds is 18. The summed E-state index contributed by atoms with van der Waals surface area (Å²) in [7, 11) is 0. The fraction of sp³-hybridized carbons (Fsp3) is 0.600. The molecule has 0 amide bonds. The molecule has 0 atom stereocenters. The first kappa shape index (κ1) is 27.4. The van der Waals surface area contributed by atoms with E-state index in [0.717, 1.165) is 12.3 Å². The summed E-state index contributed by atoms with van der Waals surface area (Å²) in [5.41, 5.74) is 2.88. The van der Waals surface area contributed by atoms with Gasteiger partial charge in [-0.15, -0.1) is 0 Å². The van der Waals surface area contributed by atoms with Gasteiger partial charge in [-0.25, -0.2) is 0 Å². The molecule has 0 aliphatic rings. The van der Waals surface area contributed by atoms with Gasteiger partial charge in [0.1, 0.15) is 0 Å². The van der Waals surface area contributed by atoms with E-state index in [2.05, 4.69) is 74.5 Å². The van der Waals surface area contributed by atoms with Gasteiger partial charge in [0.05, 0.1) is 0 Å². The van der Waals surface area contributed by atoms with Gasteiger partial charge in [0.2, 0.25) is 0 Å². The van der Waals surface area contributed by atoms with Crippen LogP contribution in [0.4, 0.5) is 0 Å². The Bertz CT molecular complexity index is 651. The fourth-order valence-electron chi connectivity index (χ4n) is 5.14. The van der Waals surface area contributed by atoms with Crippen LogP contribution in [0.1, 0.15) is 102 Å². The summed E-state index contributed by atoms with van der Waals surface area (Å²) in [5, 5.41) is 0. The quantitative estimate of drug-likeness (QED) is 0.149. The third kappa shape index (κ3) is 10.4. The molecule has 0 saturated carbocycles. The maximum atomic E-state index is 8.08.